The van der Waals surface area contributed by atoms with Crippen LogP contribution in [0.4, 0.5) is 17.3 Å². The van der Waals surface area contributed by atoms with Crippen LogP contribution in [0.1, 0.15) is 91.8 Å². The Morgan fingerprint density at radius 2 is 1.65 bits per heavy atom. The molecule has 284 valence electrons. The van der Waals surface area contributed by atoms with Crippen LogP contribution in [0.2, 0.25) is 0 Å². The van der Waals surface area contributed by atoms with Crippen LogP contribution < -0.4 is 42.2 Å². The van der Waals surface area contributed by atoms with Crippen molar-refractivity contribution in [2.45, 2.75) is 65.7 Å². The number of imidazole rings is 1. The third kappa shape index (κ3) is 7.24. The van der Waals surface area contributed by atoms with E-state index in [9.17, 15) is 19.2 Å². The molecule has 4 heterocycles. The number of aromatic amines is 1. The predicted molar refractivity (Wildman–Crippen MR) is 203 cm³/mol. The first-order chi connectivity index (χ1) is 25.8. The summed E-state index contributed by atoms with van der Waals surface area (Å²) in [6, 6.07) is 9.77. The van der Waals surface area contributed by atoms with Crippen molar-refractivity contribution < 1.29 is 28.7 Å². The van der Waals surface area contributed by atoms with Gasteiger partial charge in [-0.05, 0) is 76.4 Å². The SMILES string of the molecule is CCc1[nH]c(C)cc1C(=O)NC1(CCCCOc2cc(C(N)=O)cc3nc(NC(=O)c4cc(C)nn4CC)n(C)c23)Nc2cc(C(N)=O)cc(OC)c2N1. The number of unbranched alkanes of at least 4 members (excludes halogenated alkanes) is 1. The minimum atomic E-state index is -1.17. The number of hydrogen-bond donors (Lipinski definition) is 7. The number of methoxy groups -OCH3 is 1. The molecular formula is C37H45N11O6. The summed E-state index contributed by atoms with van der Waals surface area (Å²) >= 11 is 0. The molecule has 4 amide bonds. The highest BCUT2D eigenvalue weighted by Crippen LogP contribution is 2.43. The van der Waals surface area contributed by atoms with Gasteiger partial charge in [-0.1, -0.05) is 6.92 Å². The molecule has 6 rings (SSSR count). The summed E-state index contributed by atoms with van der Waals surface area (Å²) in [7, 11) is 3.22. The van der Waals surface area contributed by atoms with Crippen LogP contribution in [0.25, 0.3) is 11.0 Å². The van der Waals surface area contributed by atoms with Gasteiger partial charge in [-0.15, -0.1) is 0 Å². The fraction of sp³-hybridized carbons (Fsp3) is 0.351. The molecule has 5 aromatic rings. The highest BCUT2D eigenvalue weighted by Gasteiger charge is 2.40. The van der Waals surface area contributed by atoms with Gasteiger partial charge in [0.15, 0.2) is 5.79 Å². The number of nitrogens with zero attached hydrogens (tertiary/aromatic N) is 4. The second kappa shape index (κ2) is 14.8. The standard InChI is InChI=1S/C37H45N11O6/c1-7-24-23(13-19(3)40-24)34(51)45-37(43-25-15-21(32(38)49)17-28(53-6)30(25)44-37)11-9-10-12-54-29-18-22(33(39)50)16-26-31(29)47(5)36(41-26)42-35(52)27-14-20(4)46-48(27)8-2/h13-18,40,43-44H,7-12H2,1-6H3,(H2,38,49)(H2,39,50)(H,45,51)(H,41,42,52). The number of primary amides is 2. The Bertz CT molecular complexity index is 2290. The zero-order valence-corrected chi connectivity index (χ0v) is 31.1. The second-order valence-corrected chi connectivity index (χ2v) is 13.2. The molecule has 1 aliphatic heterocycles. The lowest BCUT2D eigenvalue weighted by Crippen LogP contribution is -2.57. The molecule has 0 spiro atoms. The molecule has 17 heteroatoms. The van der Waals surface area contributed by atoms with Gasteiger partial charge in [0, 0.05) is 42.5 Å². The summed E-state index contributed by atoms with van der Waals surface area (Å²) in [4.78, 5) is 59.2. The Balaban J connectivity index is 1.21. The number of ether oxygens (including phenoxy) is 2. The number of hydrogen-bond acceptors (Lipinski definition) is 10. The molecule has 0 radical (unpaired) electrons. The quantitative estimate of drug-likeness (QED) is 0.0764. The van der Waals surface area contributed by atoms with Crippen LogP contribution in [0.5, 0.6) is 11.5 Å². The summed E-state index contributed by atoms with van der Waals surface area (Å²) in [6.07, 6.45) is 2.08. The molecule has 0 bridgehead atoms. The number of H-pyrrole nitrogens is 1. The van der Waals surface area contributed by atoms with E-state index in [4.69, 9.17) is 20.9 Å². The zero-order chi connectivity index (χ0) is 38.9. The number of amides is 4. The van der Waals surface area contributed by atoms with Crippen LogP contribution >= 0.6 is 0 Å². The number of aromatic nitrogens is 5. The van der Waals surface area contributed by atoms with E-state index in [1.54, 1.807) is 52.7 Å². The Kier molecular flexibility index (Phi) is 10.2. The van der Waals surface area contributed by atoms with E-state index in [1.807, 2.05) is 27.7 Å². The molecule has 1 unspecified atom stereocenters. The number of aryl methyl sites for hydroxylation is 5. The zero-order valence-electron chi connectivity index (χ0n) is 31.1. The van der Waals surface area contributed by atoms with Crippen molar-refractivity contribution in [1.82, 2.24) is 29.6 Å². The summed E-state index contributed by atoms with van der Waals surface area (Å²) in [5.41, 5.74) is 17.1. The van der Waals surface area contributed by atoms with Gasteiger partial charge in [0.25, 0.3) is 11.8 Å². The van der Waals surface area contributed by atoms with Gasteiger partial charge in [0.05, 0.1) is 36.2 Å². The Morgan fingerprint density at radius 3 is 2.33 bits per heavy atom. The number of fused-ring (bicyclic) bond motifs is 2. The summed E-state index contributed by atoms with van der Waals surface area (Å²) in [6.45, 7) is 8.31. The third-order valence-electron chi connectivity index (χ3n) is 9.33. The van der Waals surface area contributed by atoms with E-state index in [1.165, 1.54) is 7.11 Å². The molecule has 2 aromatic carbocycles. The van der Waals surface area contributed by atoms with Crippen molar-refractivity contribution in [1.29, 1.82) is 0 Å². The topological polar surface area (TPSA) is 238 Å². The van der Waals surface area contributed by atoms with Crippen LogP contribution in [0.3, 0.4) is 0 Å². The first kappa shape index (κ1) is 37.2. The first-order valence-electron chi connectivity index (χ1n) is 17.6. The van der Waals surface area contributed by atoms with Gasteiger partial charge in [0.1, 0.15) is 28.4 Å². The lowest BCUT2D eigenvalue weighted by Gasteiger charge is -2.32. The summed E-state index contributed by atoms with van der Waals surface area (Å²) in [5.74, 6) is -2.14. The van der Waals surface area contributed by atoms with Crippen LogP contribution in [-0.2, 0) is 20.0 Å². The second-order valence-electron chi connectivity index (χ2n) is 13.2. The maximum absolute atomic E-state index is 13.8. The Hall–Kier alpha value is -6.52. The molecule has 0 saturated carbocycles. The monoisotopic (exact) mass is 739 g/mol. The average Bonchev–Trinajstić information content (AvgIpc) is 3.89. The van der Waals surface area contributed by atoms with Crippen LogP contribution in [0, 0.1) is 13.8 Å². The molecule has 17 nitrogen and oxygen atoms in total. The smallest absolute Gasteiger partial charge is 0.276 e. The third-order valence-corrected chi connectivity index (χ3v) is 9.33. The number of rotatable bonds is 15. The van der Waals surface area contributed by atoms with Crippen LogP contribution in [0.15, 0.2) is 36.4 Å². The molecular weight excluding hydrogens is 694 g/mol. The first-order valence-corrected chi connectivity index (χ1v) is 17.6. The Morgan fingerprint density at radius 1 is 0.926 bits per heavy atom. The normalized spacial score (nSPS) is 14.6. The molecule has 54 heavy (non-hydrogen) atoms. The molecule has 0 aliphatic carbocycles. The fourth-order valence-corrected chi connectivity index (χ4v) is 6.74. The van der Waals surface area contributed by atoms with Crippen molar-refractivity contribution in [3.8, 4) is 11.5 Å². The highest BCUT2D eigenvalue weighted by molar-refractivity contribution is 6.04. The molecule has 9 N–H and O–H groups in total. The van der Waals surface area contributed by atoms with E-state index >= 15 is 0 Å². The van der Waals surface area contributed by atoms with E-state index in [0.717, 1.165) is 11.4 Å². The van der Waals surface area contributed by atoms with Gasteiger partial charge in [-0.2, -0.15) is 5.10 Å². The van der Waals surface area contributed by atoms with Crippen molar-refractivity contribution in [3.05, 3.63) is 75.9 Å². The van der Waals surface area contributed by atoms with Gasteiger partial charge >= 0.3 is 0 Å². The number of carbonyl (C=O) groups is 4. The number of benzene rings is 2. The lowest BCUT2D eigenvalue weighted by atomic mass is 10.1. The van der Waals surface area contributed by atoms with Gasteiger partial charge in [-0.3, -0.25) is 29.2 Å². The van der Waals surface area contributed by atoms with Crippen LogP contribution in [-0.4, -0.2) is 67.4 Å². The maximum Gasteiger partial charge on any atom is 0.276 e. The minimum Gasteiger partial charge on any atom is -0.494 e. The van der Waals surface area contributed by atoms with Crippen molar-refractivity contribution in [2.24, 2.45) is 18.5 Å². The lowest BCUT2D eigenvalue weighted by molar-refractivity contribution is 0.0912. The van der Waals surface area contributed by atoms with E-state index in [0.29, 0.717) is 83.1 Å². The summed E-state index contributed by atoms with van der Waals surface area (Å²) in [5, 5.41) is 17.1. The molecule has 1 atom stereocenters. The molecule has 3 aromatic heterocycles. The number of nitrogens with one attached hydrogen (secondary N) is 5. The van der Waals surface area contributed by atoms with E-state index in [2.05, 4.69) is 36.3 Å². The number of carbonyl (C=O) groups excluding carboxylic acids is 4. The minimum absolute atomic E-state index is 0.197. The number of nitrogens with two attached hydrogens (primary N) is 2. The van der Waals surface area contributed by atoms with Gasteiger partial charge < -0.3 is 46.4 Å². The van der Waals surface area contributed by atoms with Crippen molar-refractivity contribution in [2.75, 3.05) is 29.7 Å². The molecule has 0 fully saturated rings. The Labute approximate surface area is 311 Å². The van der Waals surface area contributed by atoms with Crippen molar-refractivity contribution >= 4 is 52.0 Å². The average molecular weight is 740 g/mol. The van der Waals surface area contributed by atoms with Crippen molar-refractivity contribution in [3.63, 3.8) is 0 Å². The molecule has 0 saturated heterocycles. The van der Waals surface area contributed by atoms with E-state index in [-0.39, 0.29) is 35.5 Å². The van der Waals surface area contributed by atoms with E-state index < -0.39 is 17.6 Å². The molecule has 1 aliphatic rings. The fourth-order valence-electron chi connectivity index (χ4n) is 6.74. The number of anilines is 3. The van der Waals surface area contributed by atoms with Gasteiger partial charge in [-0.25, -0.2) is 4.98 Å². The largest absolute Gasteiger partial charge is 0.494 e. The van der Waals surface area contributed by atoms with Gasteiger partial charge in [0.2, 0.25) is 17.8 Å². The maximum atomic E-state index is 13.8. The highest BCUT2D eigenvalue weighted by atomic mass is 16.5. The summed E-state index contributed by atoms with van der Waals surface area (Å²) < 4.78 is 15.1. The predicted octanol–water partition coefficient (Wildman–Crippen LogP) is 3.93.